The highest BCUT2D eigenvalue weighted by Gasteiger charge is 2.43. The summed E-state index contributed by atoms with van der Waals surface area (Å²) in [5.74, 6) is 0.723. The maximum absolute atomic E-state index is 13.4. The average molecular weight is 473 g/mol. The molecule has 33 heavy (non-hydrogen) atoms. The zero-order valence-corrected chi connectivity index (χ0v) is 20.1. The van der Waals surface area contributed by atoms with Crippen LogP contribution in [0.4, 0.5) is 0 Å². The van der Waals surface area contributed by atoms with E-state index in [0.29, 0.717) is 37.8 Å². The molecule has 1 aromatic carbocycles. The first kappa shape index (κ1) is 23.6. The van der Waals surface area contributed by atoms with Crippen LogP contribution in [0.1, 0.15) is 61.5 Å². The van der Waals surface area contributed by atoms with Crippen LogP contribution in [0.2, 0.25) is 5.02 Å². The number of piperidine rings is 1. The molecule has 0 radical (unpaired) electrons. The largest absolute Gasteiger partial charge is 0.491 e. The first-order valence-electron chi connectivity index (χ1n) is 12.0. The van der Waals surface area contributed by atoms with Gasteiger partial charge in [0.15, 0.2) is 5.69 Å². The van der Waals surface area contributed by atoms with Crippen molar-refractivity contribution in [1.82, 2.24) is 20.0 Å². The third kappa shape index (κ3) is 5.35. The summed E-state index contributed by atoms with van der Waals surface area (Å²) in [6.45, 7) is 4.64. The molecule has 1 spiro atoms. The predicted octanol–water partition coefficient (Wildman–Crippen LogP) is 4.09. The van der Waals surface area contributed by atoms with Crippen molar-refractivity contribution in [2.45, 2.75) is 58.4 Å². The Labute approximate surface area is 200 Å². The van der Waals surface area contributed by atoms with E-state index in [4.69, 9.17) is 16.3 Å². The van der Waals surface area contributed by atoms with Crippen molar-refractivity contribution in [1.29, 1.82) is 0 Å². The number of carbonyl (C=O) groups excluding carboxylic acids is 2. The number of hydrogen-bond acceptors (Lipinski definition) is 4. The summed E-state index contributed by atoms with van der Waals surface area (Å²) in [6.07, 6.45) is 7.73. The number of aryl methyl sites for hydroxylation is 2. The number of likely N-dealkylation sites (tertiary alicyclic amines) is 1. The Morgan fingerprint density at radius 2 is 2.06 bits per heavy atom. The molecule has 4 rings (SSSR count). The Balaban J connectivity index is 1.49. The second kappa shape index (κ2) is 10.6. The molecule has 2 aromatic rings. The number of fused-ring (bicyclic) bond motifs is 1. The molecule has 0 bridgehead atoms. The van der Waals surface area contributed by atoms with E-state index in [0.717, 1.165) is 50.7 Å². The van der Waals surface area contributed by atoms with E-state index in [1.165, 1.54) is 5.56 Å². The molecule has 0 aliphatic carbocycles. The number of hydrogen-bond donors (Lipinski definition) is 1. The molecule has 1 atom stereocenters. The third-order valence-electron chi connectivity index (χ3n) is 6.69. The average Bonchev–Trinajstić information content (AvgIpc) is 3.19. The van der Waals surface area contributed by atoms with E-state index in [2.05, 4.69) is 23.4 Å². The van der Waals surface area contributed by atoms with Gasteiger partial charge >= 0.3 is 0 Å². The lowest BCUT2D eigenvalue weighted by molar-refractivity contribution is -0.134. The van der Waals surface area contributed by atoms with Gasteiger partial charge in [-0.15, -0.1) is 0 Å². The zero-order chi connectivity index (χ0) is 23.3. The molecular weight excluding hydrogens is 440 g/mol. The number of nitrogens with zero attached hydrogens (tertiary/aromatic N) is 3. The van der Waals surface area contributed by atoms with Crippen LogP contribution in [0.25, 0.3) is 0 Å². The Morgan fingerprint density at radius 1 is 1.24 bits per heavy atom. The molecule has 1 unspecified atom stereocenters. The minimum absolute atomic E-state index is 0.0140. The third-order valence-corrected chi connectivity index (χ3v) is 6.96. The van der Waals surface area contributed by atoms with Crippen LogP contribution in [0.15, 0.2) is 30.5 Å². The van der Waals surface area contributed by atoms with Crippen molar-refractivity contribution < 1.29 is 14.3 Å². The number of aromatic nitrogens is 2. The number of nitrogens with one attached hydrogen (secondary N) is 1. The minimum atomic E-state index is -0.592. The fourth-order valence-corrected chi connectivity index (χ4v) is 5.22. The number of carbonyl (C=O) groups is 2. The van der Waals surface area contributed by atoms with Gasteiger partial charge in [0.25, 0.3) is 5.91 Å². The molecule has 1 aromatic heterocycles. The topological polar surface area (TPSA) is 76.5 Å². The first-order valence-corrected chi connectivity index (χ1v) is 12.4. The van der Waals surface area contributed by atoms with Crippen LogP contribution in [0.3, 0.4) is 0 Å². The fourth-order valence-electron chi connectivity index (χ4n) is 4.99. The molecule has 2 aliphatic rings. The van der Waals surface area contributed by atoms with Gasteiger partial charge in [-0.2, -0.15) is 5.10 Å². The lowest BCUT2D eigenvalue weighted by Crippen LogP contribution is -2.54. The summed E-state index contributed by atoms with van der Waals surface area (Å²) in [4.78, 5) is 28.4. The number of halogens is 1. The van der Waals surface area contributed by atoms with Crippen LogP contribution < -0.4 is 10.1 Å². The lowest BCUT2D eigenvalue weighted by Gasteiger charge is -2.42. The van der Waals surface area contributed by atoms with Crippen molar-refractivity contribution in [2.75, 3.05) is 26.2 Å². The standard InChI is InChI=1S/C25H33ClN4O3/c1-2-14-30-17-20(26)22(28-30)23(31)29-15-7-12-25(18-29)11-6-5-9-19-8-3-4-10-21(19)33-16-13-27-24(25)32/h3-4,8,10,17H,2,5-7,9,11-16,18H2,1H3,(H,27,32). The van der Waals surface area contributed by atoms with E-state index in [9.17, 15) is 9.59 Å². The van der Waals surface area contributed by atoms with Gasteiger partial charge in [-0.1, -0.05) is 43.1 Å². The molecule has 2 amide bonds. The van der Waals surface area contributed by atoms with Gasteiger partial charge in [0.1, 0.15) is 12.4 Å². The van der Waals surface area contributed by atoms with Crippen LogP contribution in [0, 0.1) is 5.41 Å². The minimum Gasteiger partial charge on any atom is -0.491 e. The van der Waals surface area contributed by atoms with E-state index < -0.39 is 5.41 Å². The SMILES string of the molecule is CCCn1cc(Cl)c(C(=O)N2CCCC3(CCCCc4ccccc4OCCNC3=O)C2)n1. The second-order valence-electron chi connectivity index (χ2n) is 9.12. The molecule has 8 heteroatoms. The molecule has 1 fully saturated rings. The lowest BCUT2D eigenvalue weighted by atomic mass is 9.74. The summed E-state index contributed by atoms with van der Waals surface area (Å²) in [5, 5.41) is 7.85. The summed E-state index contributed by atoms with van der Waals surface area (Å²) in [5.41, 5.74) is 0.891. The van der Waals surface area contributed by atoms with Crippen LogP contribution in [0.5, 0.6) is 5.75 Å². The number of benzene rings is 1. The fraction of sp³-hybridized carbons (Fsp3) is 0.560. The summed E-state index contributed by atoms with van der Waals surface area (Å²) in [7, 11) is 0. The Kier molecular flexibility index (Phi) is 7.58. The highest BCUT2D eigenvalue weighted by Crippen LogP contribution is 2.37. The summed E-state index contributed by atoms with van der Waals surface area (Å²) < 4.78 is 7.65. The quantitative estimate of drug-likeness (QED) is 0.729. The highest BCUT2D eigenvalue weighted by atomic mass is 35.5. The molecule has 3 heterocycles. The highest BCUT2D eigenvalue weighted by molar-refractivity contribution is 6.33. The van der Waals surface area contributed by atoms with Crippen molar-refractivity contribution >= 4 is 23.4 Å². The summed E-state index contributed by atoms with van der Waals surface area (Å²) in [6, 6.07) is 8.11. The first-order chi connectivity index (χ1) is 16.0. The van der Waals surface area contributed by atoms with Crippen molar-refractivity contribution in [2.24, 2.45) is 5.41 Å². The van der Waals surface area contributed by atoms with Gasteiger partial charge in [0.2, 0.25) is 5.91 Å². The molecule has 0 saturated carbocycles. The predicted molar refractivity (Wildman–Crippen MR) is 128 cm³/mol. The molecule has 178 valence electrons. The van der Waals surface area contributed by atoms with E-state index in [-0.39, 0.29) is 17.5 Å². The Bertz CT molecular complexity index is 992. The van der Waals surface area contributed by atoms with Gasteiger partial charge in [0.05, 0.1) is 17.0 Å². The number of ether oxygens (including phenoxy) is 1. The van der Waals surface area contributed by atoms with Gasteiger partial charge < -0.3 is 15.0 Å². The summed E-state index contributed by atoms with van der Waals surface area (Å²) >= 11 is 6.34. The van der Waals surface area contributed by atoms with Crippen LogP contribution >= 0.6 is 11.6 Å². The molecule has 1 N–H and O–H groups in total. The van der Waals surface area contributed by atoms with Crippen molar-refractivity contribution in [3.05, 3.63) is 46.7 Å². The smallest absolute Gasteiger partial charge is 0.275 e. The monoisotopic (exact) mass is 472 g/mol. The maximum Gasteiger partial charge on any atom is 0.275 e. The zero-order valence-electron chi connectivity index (χ0n) is 19.3. The van der Waals surface area contributed by atoms with Crippen molar-refractivity contribution in [3.8, 4) is 5.75 Å². The second-order valence-corrected chi connectivity index (χ2v) is 9.53. The normalized spacial score (nSPS) is 22.0. The van der Waals surface area contributed by atoms with Gasteiger partial charge in [0, 0.05) is 25.8 Å². The van der Waals surface area contributed by atoms with Gasteiger partial charge in [-0.25, -0.2) is 0 Å². The van der Waals surface area contributed by atoms with Gasteiger partial charge in [-0.3, -0.25) is 14.3 Å². The Morgan fingerprint density at radius 3 is 2.91 bits per heavy atom. The number of para-hydroxylation sites is 1. The van der Waals surface area contributed by atoms with E-state index in [1.54, 1.807) is 15.8 Å². The van der Waals surface area contributed by atoms with Crippen LogP contribution in [-0.4, -0.2) is 52.7 Å². The Hall–Kier alpha value is -2.54. The molecule has 2 aliphatic heterocycles. The maximum atomic E-state index is 13.4. The molecule has 1 saturated heterocycles. The molecule has 7 nitrogen and oxygen atoms in total. The molecular formula is C25H33ClN4O3. The van der Waals surface area contributed by atoms with Crippen molar-refractivity contribution in [3.63, 3.8) is 0 Å². The van der Waals surface area contributed by atoms with Gasteiger partial charge in [-0.05, 0) is 50.2 Å². The number of rotatable bonds is 3. The van der Waals surface area contributed by atoms with E-state index in [1.807, 2.05) is 18.2 Å². The van der Waals surface area contributed by atoms with Crippen LogP contribution in [-0.2, 0) is 17.8 Å². The van der Waals surface area contributed by atoms with E-state index >= 15 is 0 Å². The number of amides is 2.